The number of hydrogen-bond acceptors (Lipinski definition) is 2. The second-order valence-corrected chi connectivity index (χ2v) is 5.75. The highest BCUT2D eigenvalue weighted by atomic mass is 19.3. The predicted octanol–water partition coefficient (Wildman–Crippen LogP) is 5.03. The molecule has 23 heavy (non-hydrogen) atoms. The Kier molecular flexibility index (Phi) is 5.29. The Morgan fingerprint density at radius 3 is 2.61 bits per heavy atom. The van der Waals surface area contributed by atoms with Crippen LogP contribution in [-0.2, 0) is 0 Å². The Hall–Kier alpha value is -2.04. The molecule has 1 aromatic rings. The average Bonchev–Trinajstić information content (AvgIpc) is 2.49. The first-order valence-corrected chi connectivity index (χ1v) is 7.58. The molecule has 0 saturated heterocycles. The normalized spacial score (nSPS) is 19.0. The summed E-state index contributed by atoms with van der Waals surface area (Å²) >= 11 is 0. The van der Waals surface area contributed by atoms with Crippen molar-refractivity contribution in [1.82, 2.24) is 4.90 Å². The maximum Gasteiger partial charge on any atom is 0.262 e. The number of aliphatic imine (C=N–C) groups is 1. The first-order chi connectivity index (χ1) is 10.8. The van der Waals surface area contributed by atoms with Crippen LogP contribution in [0.25, 0.3) is 0 Å². The van der Waals surface area contributed by atoms with Crippen molar-refractivity contribution in [2.75, 3.05) is 7.05 Å². The van der Waals surface area contributed by atoms with Crippen molar-refractivity contribution in [2.24, 2.45) is 4.99 Å². The maximum atomic E-state index is 13.3. The van der Waals surface area contributed by atoms with E-state index in [1.807, 2.05) is 13.1 Å². The van der Waals surface area contributed by atoms with E-state index in [9.17, 15) is 13.2 Å². The third-order valence-electron chi connectivity index (χ3n) is 4.04. The molecule has 1 aromatic carbocycles. The lowest BCUT2D eigenvalue weighted by molar-refractivity contribution is 0.162. The Morgan fingerprint density at radius 1 is 1.35 bits per heavy atom. The van der Waals surface area contributed by atoms with Crippen LogP contribution < -0.4 is 0 Å². The number of rotatable bonds is 4. The molecule has 0 bridgehead atoms. The average molecular weight is 322 g/mol. The molecule has 0 aliphatic carbocycles. The Morgan fingerprint density at radius 2 is 2.04 bits per heavy atom. The number of aryl methyl sites for hydroxylation is 1. The van der Waals surface area contributed by atoms with E-state index in [0.29, 0.717) is 29.0 Å². The van der Waals surface area contributed by atoms with Gasteiger partial charge in [0.05, 0.1) is 11.7 Å². The highest BCUT2D eigenvalue weighted by Gasteiger charge is 2.27. The molecule has 0 N–H and O–H groups in total. The van der Waals surface area contributed by atoms with Gasteiger partial charge in [-0.25, -0.2) is 13.2 Å². The van der Waals surface area contributed by atoms with Crippen LogP contribution in [-0.4, -0.2) is 30.1 Å². The fraction of sp³-hybridized carbons (Fsp3) is 0.389. The van der Waals surface area contributed by atoms with Gasteiger partial charge in [-0.15, -0.1) is 0 Å². The summed E-state index contributed by atoms with van der Waals surface area (Å²) in [6.45, 7) is 5.43. The number of benzene rings is 1. The van der Waals surface area contributed by atoms with E-state index in [1.165, 1.54) is 18.2 Å². The minimum atomic E-state index is -2.49. The number of halogens is 3. The Balaban J connectivity index is 2.38. The highest BCUT2D eigenvalue weighted by Crippen LogP contribution is 2.28. The first-order valence-electron chi connectivity index (χ1n) is 7.58. The molecule has 0 aromatic heterocycles. The summed E-state index contributed by atoms with van der Waals surface area (Å²) in [6.07, 6.45) is 1.48. The summed E-state index contributed by atoms with van der Waals surface area (Å²) in [6, 6.07) is 4.04. The molecule has 1 heterocycles. The summed E-state index contributed by atoms with van der Waals surface area (Å²) in [5, 5.41) is 0. The van der Waals surface area contributed by atoms with Gasteiger partial charge < -0.3 is 4.90 Å². The van der Waals surface area contributed by atoms with E-state index in [2.05, 4.69) is 4.99 Å². The number of allylic oxidation sites excluding steroid dienone is 2. The molecule has 1 unspecified atom stereocenters. The van der Waals surface area contributed by atoms with Gasteiger partial charge in [0.25, 0.3) is 6.43 Å². The van der Waals surface area contributed by atoms with Crippen LogP contribution >= 0.6 is 0 Å². The highest BCUT2D eigenvalue weighted by molar-refractivity contribution is 6.02. The molecule has 0 radical (unpaired) electrons. The molecule has 5 heteroatoms. The van der Waals surface area contributed by atoms with Crippen LogP contribution in [0.1, 0.15) is 25.8 Å². The van der Waals surface area contributed by atoms with Crippen molar-refractivity contribution < 1.29 is 13.2 Å². The molecular formula is C18H21F3N2. The van der Waals surface area contributed by atoms with Gasteiger partial charge in [0.15, 0.2) is 0 Å². The molecule has 0 spiro atoms. The van der Waals surface area contributed by atoms with Crippen LogP contribution in [0.2, 0.25) is 0 Å². The fourth-order valence-electron chi connectivity index (χ4n) is 2.78. The molecule has 1 aliphatic heterocycles. The zero-order valence-electron chi connectivity index (χ0n) is 13.8. The van der Waals surface area contributed by atoms with Gasteiger partial charge in [0.2, 0.25) is 0 Å². The van der Waals surface area contributed by atoms with Gasteiger partial charge >= 0.3 is 0 Å². The maximum absolute atomic E-state index is 13.3. The van der Waals surface area contributed by atoms with Crippen molar-refractivity contribution in [3.8, 4) is 0 Å². The predicted molar refractivity (Wildman–Crippen MR) is 87.9 cm³/mol. The van der Waals surface area contributed by atoms with Crippen molar-refractivity contribution in [3.05, 3.63) is 53.0 Å². The first kappa shape index (κ1) is 17.3. The summed E-state index contributed by atoms with van der Waals surface area (Å²) in [5.41, 5.74) is 2.73. The molecule has 1 aliphatic rings. The summed E-state index contributed by atoms with van der Waals surface area (Å²) < 4.78 is 39.8. The lowest BCUT2D eigenvalue weighted by Gasteiger charge is -2.32. The smallest absolute Gasteiger partial charge is 0.262 e. The second kappa shape index (κ2) is 7.02. The second-order valence-electron chi connectivity index (χ2n) is 5.75. The molecule has 2 nitrogen and oxygen atoms in total. The Bertz CT molecular complexity index is 675. The standard InChI is InChI=1S/C18H21F3N2/c1-5-17-15(18(20)21)9-13(10-23(17)4)12(3)22-16-7-6-14(19)8-11(16)2/h6-10,17-18H,5H2,1-4H3. The molecule has 124 valence electrons. The summed E-state index contributed by atoms with van der Waals surface area (Å²) in [7, 11) is 1.79. The van der Waals surface area contributed by atoms with E-state index >= 15 is 0 Å². The topological polar surface area (TPSA) is 15.6 Å². The lowest BCUT2D eigenvalue weighted by Crippen LogP contribution is -2.34. The van der Waals surface area contributed by atoms with Gasteiger partial charge in [-0.2, -0.15) is 0 Å². The van der Waals surface area contributed by atoms with Crippen LogP contribution in [0.15, 0.2) is 46.6 Å². The quantitative estimate of drug-likeness (QED) is 0.710. The summed E-state index contributed by atoms with van der Waals surface area (Å²) in [4.78, 5) is 6.27. The van der Waals surface area contributed by atoms with Crippen LogP contribution in [0, 0.1) is 12.7 Å². The van der Waals surface area contributed by atoms with Gasteiger partial charge in [-0.05, 0) is 50.1 Å². The molecule has 1 atom stereocenters. The van der Waals surface area contributed by atoms with Crippen molar-refractivity contribution >= 4 is 11.4 Å². The van der Waals surface area contributed by atoms with Crippen LogP contribution in [0.3, 0.4) is 0 Å². The van der Waals surface area contributed by atoms with E-state index in [1.54, 1.807) is 31.9 Å². The SMILES string of the molecule is CCC1C(C(F)F)=CC(C(C)=Nc2ccc(F)cc2C)=CN1C. The van der Waals surface area contributed by atoms with Crippen LogP contribution in [0.4, 0.5) is 18.9 Å². The van der Waals surface area contributed by atoms with Crippen molar-refractivity contribution in [1.29, 1.82) is 0 Å². The number of alkyl halides is 2. The van der Waals surface area contributed by atoms with E-state index < -0.39 is 6.43 Å². The zero-order chi connectivity index (χ0) is 17.1. The van der Waals surface area contributed by atoms with Crippen molar-refractivity contribution in [2.45, 2.75) is 39.7 Å². The van der Waals surface area contributed by atoms with E-state index in [-0.39, 0.29) is 17.4 Å². The third kappa shape index (κ3) is 3.84. The lowest BCUT2D eigenvalue weighted by atomic mass is 9.96. The molecular weight excluding hydrogens is 301 g/mol. The minimum Gasteiger partial charge on any atom is -0.373 e. The summed E-state index contributed by atoms with van der Waals surface area (Å²) in [5.74, 6) is -0.318. The monoisotopic (exact) mass is 322 g/mol. The van der Waals surface area contributed by atoms with E-state index in [4.69, 9.17) is 0 Å². The van der Waals surface area contributed by atoms with Gasteiger partial charge in [0.1, 0.15) is 5.82 Å². The fourth-order valence-corrected chi connectivity index (χ4v) is 2.78. The zero-order valence-corrected chi connectivity index (χ0v) is 13.8. The molecule has 2 rings (SSSR count). The van der Waals surface area contributed by atoms with Crippen LogP contribution in [0.5, 0.6) is 0 Å². The number of likely N-dealkylation sites (N-methyl/N-ethyl adjacent to an activating group) is 1. The number of nitrogens with zero attached hydrogens (tertiary/aromatic N) is 2. The molecule has 0 amide bonds. The molecule has 0 fully saturated rings. The minimum absolute atomic E-state index is 0.109. The van der Waals surface area contributed by atoms with Gasteiger partial charge in [-0.1, -0.05) is 6.92 Å². The Labute approximate surface area is 135 Å². The van der Waals surface area contributed by atoms with Gasteiger partial charge in [0, 0.05) is 30.1 Å². The molecule has 0 saturated carbocycles. The van der Waals surface area contributed by atoms with E-state index in [0.717, 1.165) is 0 Å². The largest absolute Gasteiger partial charge is 0.373 e. The number of hydrogen-bond donors (Lipinski definition) is 0. The van der Waals surface area contributed by atoms with Gasteiger partial charge in [-0.3, -0.25) is 4.99 Å². The third-order valence-corrected chi connectivity index (χ3v) is 4.04. The van der Waals surface area contributed by atoms with Crippen molar-refractivity contribution in [3.63, 3.8) is 0 Å².